The van der Waals surface area contributed by atoms with Crippen LogP contribution in [-0.2, 0) is 23.7 Å². The average molecular weight is 289 g/mol. The van der Waals surface area contributed by atoms with Crippen molar-refractivity contribution in [2.75, 3.05) is 20.1 Å². The van der Waals surface area contributed by atoms with Crippen molar-refractivity contribution in [2.45, 2.75) is 12.7 Å². The first kappa shape index (κ1) is 15.2. The number of nitrogens with zero attached hydrogens (tertiary/aromatic N) is 1. The van der Waals surface area contributed by atoms with Crippen LogP contribution in [0.3, 0.4) is 0 Å². The molecule has 7 heteroatoms. The zero-order chi connectivity index (χ0) is 15.4. The number of carbonyl (C=O) groups excluding carboxylic acids is 3. The van der Waals surface area contributed by atoms with Crippen LogP contribution in [0.1, 0.15) is 16.9 Å². The lowest BCUT2D eigenvalue weighted by Gasteiger charge is -2.25. The van der Waals surface area contributed by atoms with Crippen LogP contribution in [0.2, 0.25) is 0 Å². The molecule has 0 amide bonds. The van der Waals surface area contributed by atoms with Gasteiger partial charge in [0.15, 0.2) is 0 Å². The molecule has 0 aliphatic carbocycles. The smallest absolute Gasteiger partial charge is 0.498 e. The minimum Gasteiger partial charge on any atom is -0.498 e. The highest BCUT2D eigenvalue weighted by atomic mass is 16.6. The zero-order valence-corrected chi connectivity index (χ0v) is 11.9. The molecule has 0 aromatic heterocycles. The Balaban J connectivity index is 2.22. The van der Waals surface area contributed by atoms with Crippen molar-refractivity contribution in [3.05, 3.63) is 35.4 Å². The number of likely N-dealkylation sites (N-methyl/N-ethyl adjacent to an activating group) is 1. The molecule has 0 spiro atoms. The van der Waals surface area contributed by atoms with Gasteiger partial charge in [-0.3, -0.25) is 14.5 Å². The summed E-state index contributed by atoms with van der Waals surface area (Å²) in [5, 5.41) is 0. The summed E-state index contributed by atoms with van der Waals surface area (Å²) in [6.45, 7) is 1.88. The van der Waals surface area contributed by atoms with E-state index in [4.69, 9.17) is 9.31 Å². The fourth-order valence-corrected chi connectivity index (χ4v) is 2.09. The van der Waals surface area contributed by atoms with Gasteiger partial charge in [0.05, 0.1) is 13.1 Å². The first-order valence-corrected chi connectivity index (χ1v) is 6.59. The summed E-state index contributed by atoms with van der Waals surface area (Å²) in [7, 11) is 0.388. The van der Waals surface area contributed by atoms with E-state index in [1.807, 2.05) is 19.1 Å². The molecule has 0 bridgehead atoms. The Morgan fingerprint density at radius 3 is 2.14 bits per heavy atom. The summed E-state index contributed by atoms with van der Waals surface area (Å²) in [5.74, 6) is -1.90. The normalized spacial score (nSPS) is 18.3. The topological polar surface area (TPSA) is 72.9 Å². The number of carbonyl (C=O) groups is 3. The summed E-state index contributed by atoms with van der Waals surface area (Å²) >= 11 is 0. The summed E-state index contributed by atoms with van der Waals surface area (Å²) in [6, 6.07) is 7.18. The Morgan fingerprint density at radius 2 is 1.67 bits per heavy atom. The number of aryl methyl sites for hydroxylation is 1. The summed E-state index contributed by atoms with van der Waals surface area (Å²) in [4.78, 5) is 36.3. The molecule has 0 N–H and O–H groups in total. The van der Waals surface area contributed by atoms with Crippen LogP contribution in [0, 0.1) is 6.92 Å². The molecule has 2 rings (SSSR count). The molecule has 0 radical (unpaired) electrons. The first-order valence-electron chi connectivity index (χ1n) is 6.59. The molecule has 1 aromatic rings. The lowest BCUT2D eigenvalue weighted by atomic mass is 9.68. The number of hydrogen-bond donors (Lipinski definition) is 0. The Morgan fingerprint density at radius 1 is 1.14 bits per heavy atom. The second-order valence-electron chi connectivity index (χ2n) is 5.09. The first-order chi connectivity index (χ1) is 9.99. The molecule has 110 valence electrons. The predicted molar refractivity (Wildman–Crippen MR) is 75.4 cm³/mol. The number of rotatable bonds is 3. The highest BCUT2D eigenvalue weighted by Gasteiger charge is 2.40. The van der Waals surface area contributed by atoms with Crippen LogP contribution in [0.4, 0.5) is 0 Å². The fourth-order valence-electron chi connectivity index (χ4n) is 2.09. The third-order valence-corrected chi connectivity index (χ3v) is 3.20. The van der Waals surface area contributed by atoms with Crippen LogP contribution >= 0.6 is 0 Å². The molecule has 1 fully saturated rings. The van der Waals surface area contributed by atoms with E-state index in [0.717, 1.165) is 5.56 Å². The summed E-state index contributed by atoms with van der Waals surface area (Å²) in [6.07, 6.45) is 0.626. The van der Waals surface area contributed by atoms with Crippen molar-refractivity contribution in [1.82, 2.24) is 4.90 Å². The molecular weight excluding hydrogens is 273 g/mol. The van der Waals surface area contributed by atoms with Crippen LogP contribution < -0.4 is 0 Å². The van der Waals surface area contributed by atoms with Crippen molar-refractivity contribution < 1.29 is 23.7 Å². The van der Waals surface area contributed by atoms with E-state index in [-0.39, 0.29) is 13.1 Å². The van der Waals surface area contributed by atoms with Gasteiger partial charge in [0.2, 0.25) is 0 Å². The number of hydrogen-bond acceptors (Lipinski definition) is 6. The predicted octanol–water partition coefficient (Wildman–Crippen LogP) is 0.337. The van der Waals surface area contributed by atoms with Gasteiger partial charge in [0, 0.05) is 0 Å². The fraction of sp³-hybridized carbons (Fsp3) is 0.357. The monoisotopic (exact) mass is 289 g/mol. The van der Waals surface area contributed by atoms with E-state index in [1.165, 1.54) is 4.90 Å². The molecule has 1 aromatic carbocycles. The molecule has 0 saturated carbocycles. The maximum absolute atomic E-state index is 11.7. The van der Waals surface area contributed by atoms with Gasteiger partial charge in [0.25, 0.3) is 0 Å². The average Bonchev–Trinajstić information content (AvgIpc) is 2.39. The molecule has 1 aliphatic rings. The molecule has 1 heterocycles. The minimum atomic E-state index is -1.22. The van der Waals surface area contributed by atoms with Gasteiger partial charge in [-0.1, -0.05) is 29.8 Å². The van der Waals surface area contributed by atoms with E-state index in [1.54, 1.807) is 19.2 Å². The Bertz CT molecular complexity index is 525. The lowest BCUT2D eigenvalue weighted by Crippen LogP contribution is -2.45. The van der Waals surface area contributed by atoms with Gasteiger partial charge in [-0.25, -0.2) is 0 Å². The molecule has 6 nitrogen and oxygen atoms in total. The van der Waals surface area contributed by atoms with Crippen molar-refractivity contribution in [3.8, 4) is 0 Å². The lowest BCUT2D eigenvalue weighted by molar-refractivity contribution is -0.145. The SMILES string of the molecule is Cc1ccc([C@H](C=O)B2OC(=O)CN(C)CC(=O)O2)cc1. The maximum atomic E-state index is 11.7. The molecule has 1 atom stereocenters. The van der Waals surface area contributed by atoms with Crippen LogP contribution in [0.5, 0.6) is 0 Å². The summed E-state index contributed by atoms with van der Waals surface area (Å²) in [5.41, 5.74) is 1.67. The standard InChI is InChI=1S/C14H16BNO5/c1-10-3-5-11(6-4-10)12(9-17)15-20-13(18)7-16(2)8-14(19)21-15/h3-6,9,12H,7-8H2,1-2H3/t12-/m0/s1. The highest BCUT2D eigenvalue weighted by molar-refractivity contribution is 6.54. The van der Waals surface area contributed by atoms with E-state index < -0.39 is 24.9 Å². The van der Waals surface area contributed by atoms with Crippen molar-refractivity contribution in [1.29, 1.82) is 0 Å². The zero-order valence-electron chi connectivity index (χ0n) is 11.9. The van der Waals surface area contributed by atoms with Gasteiger partial charge in [-0.2, -0.15) is 0 Å². The minimum absolute atomic E-state index is 0.0227. The molecule has 0 unspecified atom stereocenters. The second kappa shape index (κ2) is 6.54. The van der Waals surface area contributed by atoms with E-state index in [0.29, 0.717) is 11.8 Å². The molecule has 1 saturated heterocycles. The number of benzene rings is 1. The van der Waals surface area contributed by atoms with Gasteiger partial charge in [-0.05, 0) is 19.5 Å². The Labute approximate surface area is 123 Å². The van der Waals surface area contributed by atoms with Gasteiger partial charge in [-0.15, -0.1) is 0 Å². The van der Waals surface area contributed by atoms with E-state index in [9.17, 15) is 14.4 Å². The van der Waals surface area contributed by atoms with Gasteiger partial charge < -0.3 is 14.1 Å². The van der Waals surface area contributed by atoms with Crippen molar-refractivity contribution in [2.24, 2.45) is 0 Å². The Kier molecular flexibility index (Phi) is 4.75. The molecular formula is C14H16BNO5. The molecule has 21 heavy (non-hydrogen) atoms. The van der Waals surface area contributed by atoms with E-state index >= 15 is 0 Å². The largest absolute Gasteiger partial charge is 0.614 e. The Hall–Kier alpha value is -2.15. The van der Waals surface area contributed by atoms with E-state index in [2.05, 4.69) is 0 Å². The van der Waals surface area contributed by atoms with Crippen molar-refractivity contribution >= 4 is 25.3 Å². The van der Waals surface area contributed by atoms with Crippen molar-refractivity contribution in [3.63, 3.8) is 0 Å². The second-order valence-corrected chi connectivity index (χ2v) is 5.09. The quantitative estimate of drug-likeness (QED) is 0.590. The van der Waals surface area contributed by atoms with Crippen LogP contribution in [-0.4, -0.2) is 50.4 Å². The van der Waals surface area contributed by atoms with Gasteiger partial charge >= 0.3 is 19.1 Å². The highest BCUT2D eigenvalue weighted by Crippen LogP contribution is 2.20. The third-order valence-electron chi connectivity index (χ3n) is 3.20. The van der Waals surface area contributed by atoms with Crippen LogP contribution in [0.15, 0.2) is 24.3 Å². The third kappa shape index (κ3) is 3.92. The van der Waals surface area contributed by atoms with Gasteiger partial charge in [0.1, 0.15) is 12.1 Å². The summed E-state index contributed by atoms with van der Waals surface area (Å²) < 4.78 is 10.2. The van der Waals surface area contributed by atoms with Crippen LogP contribution in [0.25, 0.3) is 0 Å². The molecule has 1 aliphatic heterocycles. The maximum Gasteiger partial charge on any atom is 0.614 e. The number of aldehydes is 1.